The van der Waals surface area contributed by atoms with Crippen molar-refractivity contribution >= 4 is 11.8 Å². The molecule has 0 aliphatic heterocycles. The maximum absolute atomic E-state index is 11.6. The molecule has 0 aromatic heterocycles. The second-order valence-electron chi connectivity index (χ2n) is 3.31. The fourth-order valence-electron chi connectivity index (χ4n) is 1.25. The highest BCUT2D eigenvalue weighted by atomic mass is 16.3. The van der Waals surface area contributed by atoms with Gasteiger partial charge in [0.05, 0.1) is 0 Å². The van der Waals surface area contributed by atoms with Crippen LogP contribution >= 0.6 is 0 Å². The minimum absolute atomic E-state index is 0.119. The molecule has 0 fully saturated rings. The molecular weight excluding hydrogens is 208 g/mol. The lowest BCUT2D eigenvalue weighted by molar-refractivity contribution is -0.120. The Morgan fingerprint density at radius 1 is 1.31 bits per heavy atom. The first-order valence-corrected chi connectivity index (χ1v) is 4.91. The van der Waals surface area contributed by atoms with E-state index in [0.717, 1.165) is 0 Å². The van der Waals surface area contributed by atoms with Crippen molar-refractivity contribution in [1.82, 2.24) is 5.32 Å². The Balaban J connectivity index is 2.65. The van der Waals surface area contributed by atoms with Gasteiger partial charge in [0.1, 0.15) is 6.04 Å². The highest BCUT2D eigenvalue weighted by Gasteiger charge is 2.17. The fourth-order valence-corrected chi connectivity index (χ4v) is 1.25. The zero-order chi connectivity index (χ0) is 12.0. The van der Waals surface area contributed by atoms with E-state index >= 15 is 0 Å². The molecule has 1 unspecified atom stereocenters. The van der Waals surface area contributed by atoms with Gasteiger partial charge in [-0.25, -0.2) is 0 Å². The van der Waals surface area contributed by atoms with E-state index in [1.807, 2.05) is 0 Å². The number of amides is 2. The van der Waals surface area contributed by atoms with Crippen LogP contribution in [0.1, 0.15) is 16.8 Å². The van der Waals surface area contributed by atoms with Crippen LogP contribution in [0.5, 0.6) is 0 Å². The number of rotatable bonds is 5. The minimum atomic E-state index is -0.835. The molecule has 0 radical (unpaired) electrons. The summed E-state index contributed by atoms with van der Waals surface area (Å²) in [5, 5.41) is 11.2. The lowest BCUT2D eigenvalue weighted by Gasteiger charge is -2.13. The normalized spacial score (nSPS) is 11.8. The van der Waals surface area contributed by atoms with Gasteiger partial charge in [0.15, 0.2) is 0 Å². The smallest absolute Gasteiger partial charge is 0.251 e. The maximum atomic E-state index is 11.6. The number of nitrogens with one attached hydrogen (secondary N) is 1. The van der Waals surface area contributed by atoms with Crippen molar-refractivity contribution in [2.24, 2.45) is 5.73 Å². The fraction of sp³-hybridized carbons (Fsp3) is 0.273. The van der Waals surface area contributed by atoms with Gasteiger partial charge >= 0.3 is 0 Å². The number of carbonyl (C=O) groups excluding carboxylic acids is 2. The van der Waals surface area contributed by atoms with Crippen LogP contribution in [0.25, 0.3) is 0 Å². The number of hydrogen-bond acceptors (Lipinski definition) is 3. The van der Waals surface area contributed by atoms with E-state index in [1.54, 1.807) is 30.3 Å². The molecule has 1 atom stereocenters. The molecule has 0 aliphatic carbocycles. The average molecular weight is 222 g/mol. The second kappa shape index (κ2) is 5.87. The van der Waals surface area contributed by atoms with E-state index in [0.29, 0.717) is 5.56 Å². The standard InChI is InChI=1S/C11H14N2O3/c12-10(15)9(6-7-14)13-11(16)8-4-2-1-3-5-8/h1-5,9,14H,6-7H2,(H2,12,15)(H,13,16). The maximum Gasteiger partial charge on any atom is 0.251 e. The van der Waals surface area contributed by atoms with Gasteiger partial charge < -0.3 is 16.2 Å². The molecule has 1 rings (SSSR count). The van der Waals surface area contributed by atoms with E-state index in [1.165, 1.54) is 0 Å². The molecule has 0 heterocycles. The minimum Gasteiger partial charge on any atom is -0.396 e. The molecule has 0 saturated heterocycles. The molecule has 4 N–H and O–H groups in total. The molecule has 5 heteroatoms. The molecule has 0 spiro atoms. The lowest BCUT2D eigenvalue weighted by Crippen LogP contribution is -2.44. The number of nitrogens with two attached hydrogens (primary N) is 1. The van der Waals surface area contributed by atoms with Gasteiger partial charge in [-0.3, -0.25) is 9.59 Å². The summed E-state index contributed by atoms with van der Waals surface area (Å²) in [5.74, 6) is -1.03. The van der Waals surface area contributed by atoms with E-state index in [9.17, 15) is 9.59 Å². The third kappa shape index (κ3) is 3.36. The number of hydrogen-bond donors (Lipinski definition) is 3. The molecule has 1 aromatic rings. The van der Waals surface area contributed by atoms with Crippen molar-refractivity contribution in [3.05, 3.63) is 35.9 Å². The molecule has 5 nitrogen and oxygen atoms in total. The predicted molar refractivity (Wildman–Crippen MR) is 58.6 cm³/mol. The molecular formula is C11H14N2O3. The Morgan fingerprint density at radius 3 is 2.44 bits per heavy atom. The van der Waals surface area contributed by atoms with E-state index < -0.39 is 11.9 Å². The number of aliphatic hydroxyl groups is 1. The first-order valence-electron chi connectivity index (χ1n) is 4.91. The van der Waals surface area contributed by atoms with Crippen LogP contribution in [0, 0.1) is 0 Å². The van der Waals surface area contributed by atoms with Crippen molar-refractivity contribution < 1.29 is 14.7 Å². The summed E-state index contributed by atoms with van der Waals surface area (Å²) in [6, 6.07) is 7.66. The highest BCUT2D eigenvalue weighted by molar-refractivity contribution is 5.97. The van der Waals surface area contributed by atoms with Crippen LogP contribution in [-0.2, 0) is 4.79 Å². The van der Waals surface area contributed by atoms with Crippen molar-refractivity contribution in [1.29, 1.82) is 0 Å². The third-order valence-electron chi connectivity index (χ3n) is 2.10. The Hall–Kier alpha value is -1.88. The average Bonchev–Trinajstić information content (AvgIpc) is 2.29. The van der Waals surface area contributed by atoms with Crippen LogP contribution in [0.15, 0.2) is 30.3 Å². The lowest BCUT2D eigenvalue weighted by atomic mass is 10.1. The predicted octanol–water partition coefficient (Wildman–Crippen LogP) is -0.347. The van der Waals surface area contributed by atoms with Crippen LogP contribution in [0.4, 0.5) is 0 Å². The monoisotopic (exact) mass is 222 g/mol. The summed E-state index contributed by atoms with van der Waals surface area (Å²) in [6.07, 6.45) is 0.119. The summed E-state index contributed by atoms with van der Waals surface area (Å²) in [6.45, 7) is -0.206. The van der Waals surface area contributed by atoms with E-state index in [-0.39, 0.29) is 18.9 Å². The van der Waals surface area contributed by atoms with Crippen LogP contribution in [0.3, 0.4) is 0 Å². The van der Waals surface area contributed by atoms with Crippen molar-refractivity contribution in [2.75, 3.05) is 6.61 Å². The van der Waals surface area contributed by atoms with Gasteiger partial charge in [-0.15, -0.1) is 0 Å². The van der Waals surface area contributed by atoms with E-state index in [4.69, 9.17) is 10.8 Å². The molecule has 0 bridgehead atoms. The molecule has 16 heavy (non-hydrogen) atoms. The number of aliphatic hydroxyl groups excluding tert-OH is 1. The highest BCUT2D eigenvalue weighted by Crippen LogP contribution is 2.00. The molecule has 0 aliphatic rings. The van der Waals surface area contributed by atoms with Gasteiger partial charge in [0.2, 0.25) is 5.91 Å². The van der Waals surface area contributed by atoms with Crippen LogP contribution < -0.4 is 11.1 Å². The number of carbonyl (C=O) groups is 2. The zero-order valence-corrected chi connectivity index (χ0v) is 8.72. The first kappa shape index (κ1) is 12.2. The summed E-state index contributed by atoms with van der Waals surface area (Å²) >= 11 is 0. The van der Waals surface area contributed by atoms with Gasteiger partial charge in [0, 0.05) is 12.2 Å². The number of benzene rings is 1. The first-order chi connectivity index (χ1) is 7.65. The van der Waals surface area contributed by atoms with Gasteiger partial charge in [-0.2, -0.15) is 0 Å². The topological polar surface area (TPSA) is 92.4 Å². The van der Waals surface area contributed by atoms with Gasteiger partial charge in [-0.05, 0) is 18.6 Å². The Bertz CT molecular complexity index is 365. The Morgan fingerprint density at radius 2 is 1.94 bits per heavy atom. The molecule has 86 valence electrons. The third-order valence-corrected chi connectivity index (χ3v) is 2.10. The zero-order valence-electron chi connectivity index (χ0n) is 8.72. The van der Waals surface area contributed by atoms with Crippen LogP contribution in [0.2, 0.25) is 0 Å². The quantitative estimate of drug-likeness (QED) is 0.636. The van der Waals surface area contributed by atoms with Crippen LogP contribution in [-0.4, -0.2) is 29.6 Å². The summed E-state index contributed by atoms with van der Waals surface area (Å²) in [7, 11) is 0. The SMILES string of the molecule is NC(=O)C(CCO)NC(=O)c1ccccc1. The van der Waals surface area contributed by atoms with Crippen molar-refractivity contribution in [3.63, 3.8) is 0 Å². The summed E-state index contributed by atoms with van der Waals surface area (Å²) in [5.41, 5.74) is 5.54. The van der Waals surface area contributed by atoms with E-state index in [2.05, 4.69) is 5.32 Å². The second-order valence-corrected chi connectivity index (χ2v) is 3.31. The molecule has 2 amide bonds. The van der Waals surface area contributed by atoms with Gasteiger partial charge in [0.25, 0.3) is 5.91 Å². The molecule has 0 saturated carbocycles. The van der Waals surface area contributed by atoms with Gasteiger partial charge in [-0.1, -0.05) is 18.2 Å². The largest absolute Gasteiger partial charge is 0.396 e. The Kier molecular flexibility index (Phi) is 4.47. The molecule has 1 aromatic carbocycles. The van der Waals surface area contributed by atoms with Crippen molar-refractivity contribution in [3.8, 4) is 0 Å². The van der Waals surface area contributed by atoms with Crippen molar-refractivity contribution in [2.45, 2.75) is 12.5 Å². The number of primary amides is 1. The summed E-state index contributed by atoms with van der Waals surface area (Å²) < 4.78 is 0. The Labute approximate surface area is 93.3 Å². The summed E-state index contributed by atoms with van der Waals surface area (Å²) in [4.78, 5) is 22.6.